The fourth-order valence-corrected chi connectivity index (χ4v) is 8.64. The third-order valence-electron chi connectivity index (χ3n) is 10.7. The van der Waals surface area contributed by atoms with E-state index in [-0.39, 0.29) is 29.5 Å². The molecule has 7 rings (SSSR count). The average molecular weight is 784 g/mol. The second-order valence-electron chi connectivity index (χ2n) is 14.8. The van der Waals surface area contributed by atoms with Crippen LogP contribution in [0.5, 0.6) is 0 Å². The Kier molecular flexibility index (Phi) is 14.5. The zero-order chi connectivity index (χ0) is 39.2. The van der Waals surface area contributed by atoms with Crippen LogP contribution in [0.1, 0.15) is 41.7 Å². The Morgan fingerprint density at radius 2 is 1.05 bits per heavy atom. The van der Waals surface area contributed by atoms with E-state index >= 15 is 0 Å². The van der Waals surface area contributed by atoms with Crippen molar-refractivity contribution in [2.24, 2.45) is 0 Å². The van der Waals surface area contributed by atoms with E-state index in [1.54, 1.807) is 11.8 Å². The number of anilines is 1. The lowest BCUT2D eigenvalue weighted by Crippen LogP contribution is -2.50. The number of thioether (sulfide) groups is 1. The second-order valence-corrected chi connectivity index (χ2v) is 16.3. The Morgan fingerprint density at radius 3 is 1.54 bits per heavy atom. The molecule has 2 saturated heterocycles. The van der Waals surface area contributed by atoms with Gasteiger partial charge < -0.3 is 0 Å². The first-order valence-corrected chi connectivity index (χ1v) is 21.1. The number of aromatic nitrogens is 4. The summed E-state index contributed by atoms with van der Waals surface area (Å²) in [6, 6.07) is 32.8. The molecular formula is C45H53N9O2S. The Labute approximate surface area is 341 Å². The smallest absolute Gasteiger partial charge is 0.247 e. The Morgan fingerprint density at radius 1 is 0.579 bits per heavy atom. The number of benzene rings is 1. The molecule has 2 aliphatic rings. The summed E-state index contributed by atoms with van der Waals surface area (Å²) < 4.78 is 0. The van der Waals surface area contributed by atoms with Crippen LogP contribution in [0.15, 0.2) is 122 Å². The summed E-state index contributed by atoms with van der Waals surface area (Å²) in [5.74, 6) is 0.558. The van der Waals surface area contributed by atoms with Crippen LogP contribution < -0.4 is 4.90 Å². The summed E-state index contributed by atoms with van der Waals surface area (Å²) in [7, 11) is 0. The largest absolute Gasteiger partial charge is 0.295 e. The third kappa shape index (κ3) is 11.6. The maximum atomic E-state index is 13.2. The van der Waals surface area contributed by atoms with E-state index in [1.807, 2.05) is 68.1 Å². The predicted octanol–water partition coefficient (Wildman–Crippen LogP) is 5.59. The van der Waals surface area contributed by atoms with Gasteiger partial charge in [0.2, 0.25) is 11.8 Å². The monoisotopic (exact) mass is 783 g/mol. The quantitative estimate of drug-likeness (QED) is 0.140. The first-order valence-electron chi connectivity index (χ1n) is 20.1. The van der Waals surface area contributed by atoms with Crippen LogP contribution in [-0.4, -0.2) is 114 Å². The van der Waals surface area contributed by atoms with Crippen LogP contribution >= 0.6 is 11.8 Å². The van der Waals surface area contributed by atoms with E-state index in [9.17, 15) is 9.59 Å². The lowest BCUT2D eigenvalue weighted by atomic mass is 10.0. The average Bonchev–Trinajstić information content (AvgIpc) is 3.52. The number of carbonyl (C=O) groups is 2. The molecule has 0 N–H and O–H groups in total. The first-order chi connectivity index (χ1) is 28.0. The SMILES string of the molecule is CCSC1CC(=O)N(c2ccc(CC3CN(Cc4ccccn4)CCN(Cc4ccccn4)CCN(Cc4ccccn4)CCN3Cc3ccccn3)cc2)C1=O. The first kappa shape index (κ1) is 40.4. The number of rotatable bonds is 13. The zero-order valence-corrected chi connectivity index (χ0v) is 33.7. The molecule has 6 heterocycles. The zero-order valence-electron chi connectivity index (χ0n) is 32.9. The van der Waals surface area contributed by atoms with Gasteiger partial charge in [0.15, 0.2) is 0 Å². The van der Waals surface area contributed by atoms with Crippen molar-refractivity contribution in [3.63, 3.8) is 0 Å². The number of carbonyl (C=O) groups excluding carboxylic acids is 2. The molecule has 1 aromatic carbocycles. The van der Waals surface area contributed by atoms with Gasteiger partial charge in [-0.1, -0.05) is 43.3 Å². The highest BCUT2D eigenvalue weighted by molar-refractivity contribution is 8.00. The van der Waals surface area contributed by atoms with E-state index in [1.165, 1.54) is 4.90 Å². The standard InChI is InChI=1S/C45H53N9O2S/c1-2-57-43-30-44(55)54(45(43)56)41-17-15-36(16-18-41)29-42-35-52(33-39-13-5-9-21-48-39)26-25-50(31-37-11-3-7-19-46-37)23-24-51(32-38-12-4-8-20-47-38)27-28-53(42)34-40-14-6-10-22-49-40/h3-22,42-43H,2,23-35H2,1H3. The van der Waals surface area contributed by atoms with Crippen molar-refractivity contribution in [2.45, 2.75) is 57.2 Å². The molecule has 0 saturated carbocycles. The number of hydrogen-bond donors (Lipinski definition) is 0. The van der Waals surface area contributed by atoms with Gasteiger partial charge in [0.25, 0.3) is 0 Å². The maximum absolute atomic E-state index is 13.2. The summed E-state index contributed by atoms with van der Waals surface area (Å²) in [5.41, 5.74) is 6.00. The summed E-state index contributed by atoms with van der Waals surface area (Å²) in [5, 5.41) is -0.305. The van der Waals surface area contributed by atoms with Gasteiger partial charge in [0, 0.05) is 109 Å². The molecule has 12 heteroatoms. The normalized spacial score (nSPS) is 19.7. The van der Waals surface area contributed by atoms with Crippen molar-refractivity contribution in [3.8, 4) is 0 Å². The molecule has 0 radical (unpaired) electrons. The topological polar surface area (TPSA) is 102 Å². The number of imide groups is 1. The number of hydrogen-bond acceptors (Lipinski definition) is 11. The maximum Gasteiger partial charge on any atom is 0.247 e. The minimum atomic E-state index is -0.305. The van der Waals surface area contributed by atoms with Crippen LogP contribution in [0.2, 0.25) is 0 Å². The van der Waals surface area contributed by atoms with Gasteiger partial charge in [-0.05, 0) is 78.4 Å². The Hall–Kier alpha value is -4.85. The molecule has 57 heavy (non-hydrogen) atoms. The molecule has 2 atom stereocenters. The van der Waals surface area contributed by atoms with Crippen LogP contribution in [0.4, 0.5) is 5.69 Å². The molecule has 2 aliphatic heterocycles. The third-order valence-corrected chi connectivity index (χ3v) is 11.8. The van der Waals surface area contributed by atoms with Crippen LogP contribution in [0, 0.1) is 0 Å². The Bertz CT molecular complexity index is 1980. The summed E-state index contributed by atoms with van der Waals surface area (Å²) in [6.45, 7) is 11.0. The van der Waals surface area contributed by atoms with Crippen LogP contribution in [0.25, 0.3) is 0 Å². The summed E-state index contributed by atoms with van der Waals surface area (Å²) in [4.78, 5) is 56.7. The van der Waals surface area contributed by atoms with Crippen molar-refractivity contribution < 1.29 is 9.59 Å². The van der Waals surface area contributed by atoms with Crippen molar-refractivity contribution in [1.82, 2.24) is 39.5 Å². The van der Waals surface area contributed by atoms with E-state index < -0.39 is 0 Å². The molecule has 2 amide bonds. The fraction of sp³-hybridized carbons (Fsp3) is 0.378. The van der Waals surface area contributed by atoms with E-state index in [4.69, 9.17) is 19.9 Å². The molecule has 0 bridgehead atoms. The molecule has 2 unspecified atom stereocenters. The van der Waals surface area contributed by atoms with E-state index in [0.29, 0.717) is 12.2 Å². The van der Waals surface area contributed by atoms with Gasteiger partial charge in [0.05, 0.1) is 33.7 Å². The molecule has 0 aliphatic carbocycles. The van der Waals surface area contributed by atoms with Gasteiger partial charge >= 0.3 is 0 Å². The van der Waals surface area contributed by atoms with Crippen molar-refractivity contribution in [3.05, 3.63) is 150 Å². The van der Waals surface area contributed by atoms with Gasteiger partial charge in [0.1, 0.15) is 0 Å². The van der Waals surface area contributed by atoms with Crippen molar-refractivity contribution >= 4 is 29.3 Å². The predicted molar refractivity (Wildman–Crippen MR) is 226 cm³/mol. The molecular weight excluding hydrogens is 731 g/mol. The van der Waals surface area contributed by atoms with Gasteiger partial charge in [-0.25, -0.2) is 4.90 Å². The van der Waals surface area contributed by atoms with Gasteiger partial charge in [-0.3, -0.25) is 49.1 Å². The number of pyridine rings is 4. The minimum absolute atomic E-state index is 0.113. The summed E-state index contributed by atoms with van der Waals surface area (Å²) >= 11 is 1.54. The molecule has 11 nitrogen and oxygen atoms in total. The highest BCUT2D eigenvalue weighted by Gasteiger charge is 2.39. The molecule has 4 aromatic heterocycles. The highest BCUT2D eigenvalue weighted by atomic mass is 32.2. The minimum Gasteiger partial charge on any atom is -0.295 e. The lowest BCUT2D eigenvalue weighted by Gasteiger charge is -2.39. The number of amides is 2. The highest BCUT2D eigenvalue weighted by Crippen LogP contribution is 2.30. The molecule has 296 valence electrons. The van der Waals surface area contributed by atoms with Gasteiger partial charge in [-0.2, -0.15) is 0 Å². The Balaban J connectivity index is 1.20. The second kappa shape index (κ2) is 20.5. The summed E-state index contributed by atoms with van der Waals surface area (Å²) in [6.07, 6.45) is 8.54. The number of nitrogens with zero attached hydrogens (tertiary/aromatic N) is 9. The van der Waals surface area contributed by atoms with Crippen molar-refractivity contribution in [2.75, 3.05) is 56.5 Å². The molecule has 2 fully saturated rings. The van der Waals surface area contributed by atoms with Crippen LogP contribution in [-0.2, 0) is 42.2 Å². The molecule has 5 aromatic rings. The van der Waals surface area contributed by atoms with Crippen molar-refractivity contribution in [1.29, 1.82) is 0 Å². The van der Waals surface area contributed by atoms with Crippen LogP contribution in [0.3, 0.4) is 0 Å². The lowest BCUT2D eigenvalue weighted by molar-refractivity contribution is -0.121. The molecule has 0 spiro atoms. The van der Waals surface area contributed by atoms with E-state index in [0.717, 1.165) is 106 Å². The van der Waals surface area contributed by atoms with E-state index in [2.05, 4.69) is 80.3 Å². The fourth-order valence-electron chi connectivity index (χ4n) is 7.73. The van der Waals surface area contributed by atoms with Gasteiger partial charge in [-0.15, -0.1) is 11.8 Å².